The summed E-state index contributed by atoms with van der Waals surface area (Å²) < 4.78 is 37.9. The van der Waals surface area contributed by atoms with Crippen molar-refractivity contribution >= 4 is 37.1 Å². The zero-order valence-electron chi connectivity index (χ0n) is 13.1. The third kappa shape index (κ3) is 3.31. The summed E-state index contributed by atoms with van der Waals surface area (Å²) >= 11 is 3.55. The molecule has 3 nitrogen and oxygen atoms in total. The van der Waals surface area contributed by atoms with E-state index in [9.17, 15) is 12.8 Å². The number of primary sulfonamides is 1. The first-order valence-electron chi connectivity index (χ1n) is 7.58. The minimum atomic E-state index is -4.05. The van der Waals surface area contributed by atoms with Crippen molar-refractivity contribution < 1.29 is 12.8 Å². The Morgan fingerprint density at radius 2 is 1.62 bits per heavy atom. The number of benzene rings is 2. The van der Waals surface area contributed by atoms with Gasteiger partial charge in [-0.2, -0.15) is 0 Å². The summed E-state index contributed by atoms with van der Waals surface area (Å²) in [6, 6.07) is 10.3. The Balaban J connectivity index is 2.09. The maximum atomic E-state index is 14.2. The van der Waals surface area contributed by atoms with Crippen LogP contribution >= 0.6 is 15.9 Å². The lowest BCUT2D eigenvalue weighted by Crippen LogP contribution is -2.14. The molecule has 0 bridgehead atoms. The van der Waals surface area contributed by atoms with Gasteiger partial charge in [0.1, 0.15) is 10.7 Å². The topological polar surface area (TPSA) is 60.2 Å². The van der Waals surface area contributed by atoms with Crippen LogP contribution in [0.1, 0.15) is 36.0 Å². The summed E-state index contributed by atoms with van der Waals surface area (Å²) in [7, 11) is -4.05. The Bertz CT molecular complexity index is 951. The van der Waals surface area contributed by atoms with Crippen LogP contribution in [0.3, 0.4) is 0 Å². The van der Waals surface area contributed by atoms with Crippen molar-refractivity contribution in [3.8, 4) is 0 Å². The Kier molecular flexibility index (Phi) is 4.64. The highest BCUT2D eigenvalue weighted by molar-refractivity contribution is 9.10. The molecule has 0 aliphatic heterocycles. The molecule has 3 rings (SSSR count). The molecule has 2 aromatic carbocycles. The highest BCUT2D eigenvalue weighted by Crippen LogP contribution is 2.41. The highest BCUT2D eigenvalue weighted by Gasteiger charge is 2.21. The molecule has 0 atom stereocenters. The second kappa shape index (κ2) is 6.43. The van der Waals surface area contributed by atoms with Gasteiger partial charge in [-0.1, -0.05) is 34.1 Å². The van der Waals surface area contributed by atoms with Gasteiger partial charge in [-0.3, -0.25) is 0 Å². The van der Waals surface area contributed by atoms with Crippen molar-refractivity contribution in [3.05, 3.63) is 63.4 Å². The fourth-order valence-corrected chi connectivity index (χ4v) is 4.05. The quantitative estimate of drug-likeness (QED) is 0.802. The number of halogens is 2. The lowest BCUT2D eigenvalue weighted by Gasteiger charge is -2.11. The van der Waals surface area contributed by atoms with Crippen molar-refractivity contribution in [2.45, 2.75) is 31.1 Å². The molecule has 0 unspecified atom stereocenters. The summed E-state index contributed by atoms with van der Waals surface area (Å²) in [6.07, 6.45) is 2.76. The highest BCUT2D eigenvalue weighted by atomic mass is 79.9. The van der Waals surface area contributed by atoms with E-state index in [-0.39, 0.29) is 0 Å². The van der Waals surface area contributed by atoms with E-state index in [0.717, 1.165) is 40.4 Å². The van der Waals surface area contributed by atoms with E-state index < -0.39 is 20.7 Å². The monoisotopic (exact) mass is 409 g/mol. The summed E-state index contributed by atoms with van der Waals surface area (Å²) in [5, 5.41) is 5.03. The van der Waals surface area contributed by atoms with Gasteiger partial charge in [0.25, 0.3) is 0 Å². The van der Waals surface area contributed by atoms with E-state index in [1.807, 2.05) is 13.0 Å². The molecule has 0 saturated carbocycles. The predicted octanol–water partition coefficient (Wildman–Crippen LogP) is 4.64. The second-order valence-corrected chi connectivity index (χ2v) is 8.35. The van der Waals surface area contributed by atoms with Gasteiger partial charge >= 0.3 is 0 Å². The first kappa shape index (κ1) is 17.3. The molecule has 6 heteroatoms. The molecular weight excluding hydrogens is 393 g/mol. The average molecular weight is 410 g/mol. The van der Waals surface area contributed by atoms with Crippen molar-refractivity contribution in [1.82, 2.24) is 0 Å². The fraction of sp³-hybridized carbons (Fsp3) is 0.222. The molecule has 2 N–H and O–H groups in total. The number of nitrogens with two attached hydrogens (primary N) is 1. The molecule has 1 aliphatic rings. The summed E-state index contributed by atoms with van der Waals surface area (Å²) in [5.41, 5.74) is 5.21. The zero-order valence-corrected chi connectivity index (χ0v) is 15.5. The van der Waals surface area contributed by atoms with Crippen molar-refractivity contribution in [2.75, 3.05) is 0 Å². The van der Waals surface area contributed by atoms with Gasteiger partial charge in [0.2, 0.25) is 10.0 Å². The first-order chi connectivity index (χ1) is 11.3. The van der Waals surface area contributed by atoms with Gasteiger partial charge in [0.15, 0.2) is 0 Å². The zero-order chi connectivity index (χ0) is 17.5. The SMILES string of the molecule is Cc1ccc(C2=C(c3ccc(S(N)(=O)=O)c(F)c3)CCC2)cc1Br. The van der Waals surface area contributed by atoms with Crippen LogP contribution in [0.25, 0.3) is 11.1 Å². The smallest absolute Gasteiger partial charge is 0.225 e. The summed E-state index contributed by atoms with van der Waals surface area (Å²) in [5.74, 6) is -0.807. The molecule has 0 spiro atoms. The minimum Gasteiger partial charge on any atom is -0.225 e. The van der Waals surface area contributed by atoms with E-state index in [2.05, 4.69) is 28.1 Å². The van der Waals surface area contributed by atoms with Crippen LogP contribution in [-0.2, 0) is 10.0 Å². The van der Waals surface area contributed by atoms with E-state index in [4.69, 9.17) is 5.14 Å². The fourth-order valence-electron chi connectivity index (χ4n) is 3.08. The molecule has 0 amide bonds. The lowest BCUT2D eigenvalue weighted by atomic mass is 9.96. The van der Waals surface area contributed by atoms with Crippen LogP contribution < -0.4 is 5.14 Å². The van der Waals surface area contributed by atoms with Crippen LogP contribution in [0.4, 0.5) is 4.39 Å². The lowest BCUT2D eigenvalue weighted by molar-refractivity contribution is 0.568. The molecule has 0 saturated heterocycles. The van der Waals surface area contributed by atoms with E-state index in [0.29, 0.717) is 5.56 Å². The van der Waals surface area contributed by atoms with E-state index in [1.165, 1.54) is 17.7 Å². The number of hydrogen-bond acceptors (Lipinski definition) is 2. The maximum absolute atomic E-state index is 14.2. The van der Waals surface area contributed by atoms with Crippen LogP contribution in [0.15, 0.2) is 45.8 Å². The van der Waals surface area contributed by atoms with Gasteiger partial charge in [0, 0.05) is 4.47 Å². The van der Waals surface area contributed by atoms with Crippen molar-refractivity contribution in [3.63, 3.8) is 0 Å². The van der Waals surface area contributed by atoms with Gasteiger partial charge in [-0.25, -0.2) is 17.9 Å². The molecule has 0 heterocycles. The number of hydrogen-bond donors (Lipinski definition) is 1. The van der Waals surface area contributed by atoms with Crippen LogP contribution in [0, 0.1) is 12.7 Å². The van der Waals surface area contributed by atoms with Crippen LogP contribution in [0.2, 0.25) is 0 Å². The van der Waals surface area contributed by atoms with E-state index in [1.54, 1.807) is 6.07 Å². The molecule has 0 aromatic heterocycles. The Morgan fingerprint density at radius 3 is 2.17 bits per heavy atom. The van der Waals surface area contributed by atoms with Gasteiger partial charge < -0.3 is 0 Å². The minimum absolute atomic E-state index is 0.468. The molecule has 0 fully saturated rings. The summed E-state index contributed by atoms with van der Waals surface area (Å²) in [6.45, 7) is 2.03. The third-order valence-electron chi connectivity index (χ3n) is 4.32. The largest absolute Gasteiger partial charge is 0.240 e. The van der Waals surface area contributed by atoms with Crippen molar-refractivity contribution in [2.24, 2.45) is 5.14 Å². The number of allylic oxidation sites excluding steroid dienone is 2. The molecule has 24 heavy (non-hydrogen) atoms. The molecule has 1 aliphatic carbocycles. The number of sulfonamides is 1. The predicted molar refractivity (Wildman–Crippen MR) is 97.3 cm³/mol. The van der Waals surface area contributed by atoms with E-state index >= 15 is 0 Å². The summed E-state index contributed by atoms with van der Waals surface area (Å²) in [4.78, 5) is -0.468. The Labute approximate surface area is 149 Å². The Morgan fingerprint density at radius 1 is 1.04 bits per heavy atom. The first-order valence-corrected chi connectivity index (χ1v) is 9.92. The molecule has 0 radical (unpaired) electrons. The van der Waals surface area contributed by atoms with Gasteiger partial charge in [-0.15, -0.1) is 0 Å². The Hall–Kier alpha value is -1.50. The van der Waals surface area contributed by atoms with Gasteiger partial charge in [-0.05, 0) is 72.2 Å². The van der Waals surface area contributed by atoms with Gasteiger partial charge in [0.05, 0.1) is 0 Å². The van der Waals surface area contributed by atoms with Crippen LogP contribution in [-0.4, -0.2) is 8.42 Å². The number of rotatable bonds is 3. The number of aryl methyl sites for hydroxylation is 1. The molecular formula is C18H17BrFNO2S. The molecule has 126 valence electrons. The second-order valence-electron chi connectivity index (χ2n) is 5.96. The normalized spacial score (nSPS) is 15.2. The third-order valence-corrected chi connectivity index (χ3v) is 6.12. The standard InChI is InChI=1S/C18H17BrFNO2S/c1-11-5-6-12(9-16(11)19)14-3-2-4-15(14)13-7-8-18(17(20)10-13)24(21,22)23/h5-10H,2-4H2,1H3,(H2,21,22,23). The average Bonchev–Trinajstić information content (AvgIpc) is 2.98. The molecule has 2 aromatic rings. The van der Waals surface area contributed by atoms with Crippen LogP contribution in [0.5, 0.6) is 0 Å². The van der Waals surface area contributed by atoms with Crippen molar-refractivity contribution in [1.29, 1.82) is 0 Å². The maximum Gasteiger partial charge on any atom is 0.240 e.